The minimum atomic E-state index is -8.91. The van der Waals surface area contributed by atoms with Crippen molar-refractivity contribution >= 4 is 0 Å². The van der Waals surface area contributed by atoms with Crippen LogP contribution in [0, 0.1) is 0 Å². The number of alkyl halides is 34. The maximum atomic E-state index is 13.9. The lowest BCUT2D eigenvalue weighted by atomic mass is 9.87. The van der Waals surface area contributed by atoms with Gasteiger partial charge in [0.2, 0.25) is 0 Å². The van der Waals surface area contributed by atoms with Gasteiger partial charge in [0.1, 0.15) is 0 Å². The highest BCUT2D eigenvalue weighted by atomic mass is 19.4. The SMILES string of the molecule is FC(F)(F)C(F)(F)C(F)(F)C(F)(F)C(F)(F)C(F)(F)C(F)(F)C(F)(F)CCCCCCCCC(F)(F)C(F)(F)C(F)(F)C(F)(F)C(F)(F)C(F)(F)C(F)(F)C(F)(F)F. The van der Waals surface area contributed by atoms with Crippen LogP contribution in [0.5, 0.6) is 0 Å². The van der Waals surface area contributed by atoms with Crippen LogP contribution in [-0.2, 0) is 0 Å². The Bertz CT molecular complexity index is 1270. The second-order valence-corrected chi connectivity index (χ2v) is 11.9. The van der Waals surface area contributed by atoms with Crippen molar-refractivity contribution in [2.45, 2.75) is 147 Å². The monoisotopic (exact) mass is 950 g/mol. The van der Waals surface area contributed by atoms with Crippen LogP contribution in [0.25, 0.3) is 0 Å². The van der Waals surface area contributed by atoms with E-state index in [-0.39, 0.29) is 0 Å². The van der Waals surface area contributed by atoms with Gasteiger partial charge in [-0.3, -0.25) is 0 Å². The van der Waals surface area contributed by atoms with Crippen molar-refractivity contribution in [1.29, 1.82) is 0 Å². The number of hydrogen-bond donors (Lipinski definition) is 0. The molecule has 0 unspecified atom stereocenters. The van der Waals surface area contributed by atoms with Gasteiger partial charge in [-0.15, -0.1) is 0 Å². The number of unbranched alkanes of at least 4 members (excludes halogenated alkanes) is 5. The van der Waals surface area contributed by atoms with E-state index >= 15 is 0 Å². The summed E-state index contributed by atoms with van der Waals surface area (Å²) in [5, 5.41) is 0. The molecule has 0 fully saturated rings. The van der Waals surface area contributed by atoms with Crippen LogP contribution in [0.1, 0.15) is 51.4 Å². The third-order valence-corrected chi connectivity index (χ3v) is 7.81. The Hall–Kier alpha value is -2.38. The van der Waals surface area contributed by atoms with E-state index in [0.29, 0.717) is 0 Å². The first-order valence-electron chi connectivity index (χ1n) is 14.1. The number of hydrogen-bond acceptors (Lipinski definition) is 0. The molecule has 0 radical (unpaired) electrons. The van der Waals surface area contributed by atoms with E-state index in [1.54, 1.807) is 0 Å². The summed E-state index contributed by atoms with van der Waals surface area (Å²) >= 11 is 0. The van der Waals surface area contributed by atoms with Crippen molar-refractivity contribution in [3.63, 3.8) is 0 Å². The van der Waals surface area contributed by atoms with Crippen molar-refractivity contribution in [3.8, 4) is 0 Å². The summed E-state index contributed by atoms with van der Waals surface area (Å²) in [5.74, 6) is -117. The first-order chi connectivity index (χ1) is 24.7. The molecule has 0 nitrogen and oxygen atoms in total. The van der Waals surface area contributed by atoms with E-state index in [4.69, 9.17) is 0 Å². The zero-order valence-electron chi connectivity index (χ0n) is 26.5. The van der Waals surface area contributed by atoms with Crippen LogP contribution in [0.2, 0.25) is 0 Å². The Kier molecular flexibility index (Phi) is 14.6. The van der Waals surface area contributed by atoms with Crippen LogP contribution in [-0.4, -0.2) is 95.3 Å². The largest absolute Gasteiger partial charge is 0.460 e. The molecule has 0 saturated heterocycles. The Labute approximate surface area is 297 Å². The van der Waals surface area contributed by atoms with Crippen molar-refractivity contribution in [2.75, 3.05) is 0 Å². The molecule has 0 saturated carbocycles. The second kappa shape index (κ2) is 15.2. The fraction of sp³-hybridized carbons (Fsp3) is 1.00. The normalized spacial score (nSPS) is 16.7. The quantitative estimate of drug-likeness (QED) is 0.0794. The van der Waals surface area contributed by atoms with Gasteiger partial charge in [-0.1, -0.05) is 25.7 Å². The fourth-order valence-corrected chi connectivity index (χ4v) is 4.11. The molecule has 0 aromatic heterocycles. The average Bonchev–Trinajstić information content (AvgIpc) is 2.99. The highest BCUT2D eigenvalue weighted by molar-refractivity contribution is 5.16. The number of halogens is 34. The first-order valence-corrected chi connectivity index (χ1v) is 14.1. The average molecular weight is 950 g/mol. The predicted octanol–water partition coefficient (Wildman–Crippen LogP) is 14.1. The van der Waals surface area contributed by atoms with Crippen molar-refractivity contribution in [1.82, 2.24) is 0 Å². The molecule has 0 aromatic rings. The maximum absolute atomic E-state index is 13.9. The van der Waals surface area contributed by atoms with Gasteiger partial charge in [0, 0.05) is 12.8 Å². The fourth-order valence-electron chi connectivity index (χ4n) is 4.11. The zero-order chi connectivity index (χ0) is 47.7. The summed E-state index contributed by atoms with van der Waals surface area (Å²) in [5.41, 5.74) is 0. The highest BCUT2D eigenvalue weighted by Gasteiger charge is 2.96. The third kappa shape index (κ3) is 7.95. The molecule has 0 heterocycles. The molecule has 0 aliphatic heterocycles. The Balaban J connectivity index is 5.80. The van der Waals surface area contributed by atoms with E-state index in [9.17, 15) is 149 Å². The molecule has 0 aliphatic rings. The van der Waals surface area contributed by atoms with Crippen molar-refractivity contribution in [3.05, 3.63) is 0 Å². The Morgan fingerprint density at radius 2 is 0.293 bits per heavy atom. The standard InChI is InChI=1S/C24H16F34/c25-9(26,11(29,30)13(33,34)15(37,38)17(41,42)19(45,46)21(49,50)23(53,54)55)7-5-3-1-2-4-6-8-10(27,28)12(31,32)14(35,36)16(39,40)18(43,44)20(47,48)22(51,52)24(56,57)58/h1-8H2. The summed E-state index contributed by atoms with van der Waals surface area (Å²) in [4.78, 5) is 0. The molecule has 0 rings (SSSR count). The van der Waals surface area contributed by atoms with Gasteiger partial charge in [-0.05, 0) is 12.8 Å². The molecular weight excluding hydrogens is 934 g/mol. The molecule has 350 valence electrons. The zero-order valence-corrected chi connectivity index (χ0v) is 26.5. The van der Waals surface area contributed by atoms with Crippen LogP contribution in [0.4, 0.5) is 149 Å². The van der Waals surface area contributed by atoms with Crippen LogP contribution in [0.3, 0.4) is 0 Å². The van der Waals surface area contributed by atoms with E-state index in [0.717, 1.165) is 0 Å². The maximum Gasteiger partial charge on any atom is 0.460 e. The van der Waals surface area contributed by atoms with Crippen molar-refractivity contribution < 1.29 is 149 Å². The lowest BCUT2D eigenvalue weighted by Crippen LogP contribution is -2.74. The van der Waals surface area contributed by atoms with Gasteiger partial charge in [-0.2, -0.15) is 149 Å². The second-order valence-electron chi connectivity index (χ2n) is 11.9. The van der Waals surface area contributed by atoms with Gasteiger partial charge in [-0.25, -0.2) is 0 Å². The molecule has 0 bridgehead atoms. The molecule has 0 aromatic carbocycles. The molecule has 0 N–H and O–H groups in total. The summed E-state index contributed by atoms with van der Waals surface area (Å²) < 4.78 is 451. The van der Waals surface area contributed by atoms with Gasteiger partial charge in [0.05, 0.1) is 0 Å². The van der Waals surface area contributed by atoms with E-state index in [1.807, 2.05) is 0 Å². The van der Waals surface area contributed by atoms with Crippen LogP contribution < -0.4 is 0 Å². The van der Waals surface area contributed by atoms with Gasteiger partial charge in [0.25, 0.3) is 0 Å². The number of rotatable bonds is 21. The first kappa shape index (κ1) is 55.6. The summed E-state index contributed by atoms with van der Waals surface area (Å²) in [6, 6.07) is 0. The summed E-state index contributed by atoms with van der Waals surface area (Å²) in [6.45, 7) is 0. The highest BCUT2D eigenvalue weighted by Crippen LogP contribution is 2.66. The Morgan fingerprint density at radius 1 is 0.155 bits per heavy atom. The van der Waals surface area contributed by atoms with E-state index < -0.39 is 147 Å². The molecular formula is C24H16F34. The molecule has 34 heteroatoms. The third-order valence-electron chi connectivity index (χ3n) is 7.81. The van der Waals surface area contributed by atoms with Gasteiger partial charge >= 0.3 is 95.3 Å². The van der Waals surface area contributed by atoms with Gasteiger partial charge in [0.15, 0.2) is 0 Å². The summed E-state index contributed by atoms with van der Waals surface area (Å²) in [7, 11) is 0. The molecule has 58 heavy (non-hydrogen) atoms. The molecule has 0 spiro atoms. The minimum absolute atomic E-state index is 1.00. The molecule has 0 atom stereocenters. The molecule has 0 aliphatic carbocycles. The van der Waals surface area contributed by atoms with Crippen molar-refractivity contribution in [2.24, 2.45) is 0 Å². The van der Waals surface area contributed by atoms with Crippen LogP contribution in [0.15, 0.2) is 0 Å². The molecule has 0 amide bonds. The van der Waals surface area contributed by atoms with E-state index in [1.165, 1.54) is 0 Å². The van der Waals surface area contributed by atoms with Gasteiger partial charge < -0.3 is 0 Å². The van der Waals surface area contributed by atoms with E-state index in [2.05, 4.69) is 0 Å². The lowest BCUT2D eigenvalue weighted by Gasteiger charge is -2.42. The lowest BCUT2D eigenvalue weighted by molar-refractivity contribution is -0.461. The summed E-state index contributed by atoms with van der Waals surface area (Å²) in [6.07, 6.45) is -30.0. The Morgan fingerprint density at radius 3 is 0.466 bits per heavy atom. The van der Waals surface area contributed by atoms with Crippen LogP contribution >= 0.6 is 0 Å². The minimum Gasteiger partial charge on any atom is -0.200 e. The predicted molar refractivity (Wildman–Crippen MR) is 118 cm³/mol. The topological polar surface area (TPSA) is 0 Å². The smallest absolute Gasteiger partial charge is 0.200 e.